The van der Waals surface area contributed by atoms with E-state index in [9.17, 15) is 0 Å². The monoisotopic (exact) mass is 308 g/mol. The van der Waals surface area contributed by atoms with E-state index in [4.69, 9.17) is 9.47 Å². The Morgan fingerprint density at radius 2 is 1.96 bits per heavy atom. The van der Waals surface area contributed by atoms with Gasteiger partial charge in [0, 0.05) is 5.56 Å². The van der Waals surface area contributed by atoms with Crippen LogP contribution in [-0.4, -0.2) is 23.2 Å². The van der Waals surface area contributed by atoms with Crippen molar-refractivity contribution in [1.29, 1.82) is 0 Å². The number of aromatic amines is 1. The Kier molecular flexibility index (Phi) is 4.33. The number of aromatic nitrogens is 2. The van der Waals surface area contributed by atoms with Crippen LogP contribution in [-0.2, 0) is 0 Å². The zero-order chi connectivity index (χ0) is 16.2. The van der Waals surface area contributed by atoms with Crippen molar-refractivity contribution >= 4 is 11.0 Å². The average Bonchev–Trinajstić information content (AvgIpc) is 2.98. The molecular formula is C19H20N2O2. The van der Waals surface area contributed by atoms with Crippen LogP contribution in [0.4, 0.5) is 0 Å². The molecule has 2 aromatic carbocycles. The first-order valence-electron chi connectivity index (χ1n) is 7.66. The number of benzene rings is 2. The lowest BCUT2D eigenvalue weighted by Gasteiger charge is -2.12. The second-order valence-corrected chi connectivity index (χ2v) is 5.44. The smallest absolute Gasteiger partial charge is 0.161 e. The molecule has 23 heavy (non-hydrogen) atoms. The van der Waals surface area contributed by atoms with Crippen molar-refractivity contribution < 1.29 is 9.47 Å². The maximum Gasteiger partial charge on any atom is 0.161 e. The van der Waals surface area contributed by atoms with Gasteiger partial charge < -0.3 is 14.5 Å². The first kappa shape index (κ1) is 15.2. The highest BCUT2D eigenvalue weighted by Gasteiger charge is 2.11. The third kappa shape index (κ3) is 3.37. The molecule has 0 saturated heterocycles. The second kappa shape index (κ2) is 6.57. The van der Waals surface area contributed by atoms with Gasteiger partial charge in [-0.05, 0) is 49.8 Å². The normalized spacial score (nSPS) is 10.7. The second-order valence-electron chi connectivity index (χ2n) is 5.44. The molecule has 0 radical (unpaired) electrons. The minimum atomic E-state index is 0.476. The van der Waals surface area contributed by atoms with Crippen molar-refractivity contribution in [2.75, 3.05) is 13.2 Å². The summed E-state index contributed by atoms with van der Waals surface area (Å²) in [4.78, 5) is 7.95. The fourth-order valence-corrected chi connectivity index (χ4v) is 2.33. The molecular weight excluding hydrogens is 288 g/mol. The van der Waals surface area contributed by atoms with Crippen LogP contribution in [0.15, 0.2) is 54.6 Å². The molecule has 118 valence electrons. The van der Waals surface area contributed by atoms with Crippen molar-refractivity contribution in [3.63, 3.8) is 0 Å². The summed E-state index contributed by atoms with van der Waals surface area (Å²) in [5.74, 6) is 2.25. The van der Waals surface area contributed by atoms with Gasteiger partial charge in [-0.2, -0.15) is 0 Å². The third-order valence-corrected chi connectivity index (χ3v) is 3.38. The zero-order valence-electron chi connectivity index (χ0n) is 13.4. The Morgan fingerprint density at radius 3 is 2.70 bits per heavy atom. The largest absolute Gasteiger partial charge is 0.490 e. The van der Waals surface area contributed by atoms with Gasteiger partial charge in [-0.1, -0.05) is 18.7 Å². The SMILES string of the molecule is C=C(C)COc1ccc(-c2nc3ccccc3[nH]2)cc1OCC. The van der Waals surface area contributed by atoms with Crippen LogP contribution in [0.5, 0.6) is 11.5 Å². The minimum Gasteiger partial charge on any atom is -0.490 e. The summed E-state index contributed by atoms with van der Waals surface area (Å²) in [6.45, 7) is 8.80. The summed E-state index contributed by atoms with van der Waals surface area (Å²) < 4.78 is 11.5. The Hall–Kier alpha value is -2.75. The molecule has 4 nitrogen and oxygen atoms in total. The van der Waals surface area contributed by atoms with Crippen LogP contribution in [0, 0.1) is 0 Å². The number of imidazole rings is 1. The first-order valence-corrected chi connectivity index (χ1v) is 7.66. The molecule has 0 aliphatic heterocycles. The zero-order valence-corrected chi connectivity index (χ0v) is 13.4. The van der Waals surface area contributed by atoms with Crippen molar-refractivity contribution in [2.24, 2.45) is 0 Å². The van der Waals surface area contributed by atoms with Gasteiger partial charge in [0.2, 0.25) is 0 Å². The predicted molar refractivity (Wildman–Crippen MR) is 93.0 cm³/mol. The highest BCUT2D eigenvalue weighted by atomic mass is 16.5. The standard InChI is InChI=1S/C19H20N2O2/c1-4-22-18-11-14(9-10-17(18)23-12-13(2)3)19-20-15-7-5-6-8-16(15)21-19/h5-11H,2,4,12H2,1,3H3,(H,20,21). The van der Waals surface area contributed by atoms with E-state index >= 15 is 0 Å². The van der Waals surface area contributed by atoms with Crippen LogP contribution >= 0.6 is 0 Å². The predicted octanol–water partition coefficient (Wildman–Crippen LogP) is 4.58. The minimum absolute atomic E-state index is 0.476. The molecule has 0 spiro atoms. The number of hydrogen-bond donors (Lipinski definition) is 1. The Morgan fingerprint density at radius 1 is 1.13 bits per heavy atom. The molecule has 1 aromatic heterocycles. The Labute approximate surface area is 135 Å². The number of H-pyrrole nitrogens is 1. The van der Waals surface area contributed by atoms with Crippen LogP contribution < -0.4 is 9.47 Å². The van der Waals surface area contributed by atoms with Crippen LogP contribution in [0.2, 0.25) is 0 Å². The van der Waals surface area contributed by atoms with Crippen molar-refractivity contribution in [3.05, 3.63) is 54.6 Å². The molecule has 1 heterocycles. The van der Waals surface area contributed by atoms with Gasteiger partial charge in [-0.15, -0.1) is 0 Å². The maximum absolute atomic E-state index is 5.75. The Balaban J connectivity index is 1.96. The average molecular weight is 308 g/mol. The van der Waals surface area contributed by atoms with Crippen molar-refractivity contribution in [2.45, 2.75) is 13.8 Å². The van der Waals surface area contributed by atoms with Gasteiger partial charge in [-0.25, -0.2) is 4.98 Å². The van der Waals surface area contributed by atoms with Gasteiger partial charge >= 0.3 is 0 Å². The molecule has 0 unspecified atom stereocenters. The summed E-state index contributed by atoms with van der Waals surface area (Å²) in [6, 6.07) is 13.8. The molecule has 3 rings (SSSR count). The fraction of sp³-hybridized carbons (Fsp3) is 0.211. The van der Waals surface area contributed by atoms with Crippen molar-refractivity contribution in [1.82, 2.24) is 9.97 Å². The summed E-state index contributed by atoms with van der Waals surface area (Å²) >= 11 is 0. The van der Waals surface area contributed by atoms with Gasteiger partial charge in [0.25, 0.3) is 0 Å². The molecule has 0 fully saturated rings. The molecule has 0 amide bonds. The van der Waals surface area contributed by atoms with E-state index in [1.165, 1.54) is 0 Å². The summed E-state index contributed by atoms with van der Waals surface area (Å²) in [5.41, 5.74) is 3.90. The van der Waals surface area contributed by atoms with Gasteiger partial charge in [0.15, 0.2) is 11.5 Å². The van der Waals surface area contributed by atoms with Crippen molar-refractivity contribution in [3.8, 4) is 22.9 Å². The van der Waals surface area contributed by atoms with E-state index in [0.29, 0.717) is 19.0 Å². The van der Waals surface area contributed by atoms with E-state index in [-0.39, 0.29) is 0 Å². The third-order valence-electron chi connectivity index (χ3n) is 3.38. The van der Waals surface area contributed by atoms with Gasteiger partial charge in [0.05, 0.1) is 17.6 Å². The molecule has 4 heteroatoms. The van der Waals surface area contributed by atoms with Crippen LogP contribution in [0.1, 0.15) is 13.8 Å². The number of rotatable bonds is 6. The topological polar surface area (TPSA) is 47.1 Å². The summed E-state index contributed by atoms with van der Waals surface area (Å²) in [7, 11) is 0. The van der Waals surface area contributed by atoms with Gasteiger partial charge in [-0.3, -0.25) is 0 Å². The molecule has 1 N–H and O–H groups in total. The van der Waals surface area contributed by atoms with E-state index in [1.54, 1.807) is 0 Å². The highest BCUT2D eigenvalue weighted by molar-refractivity contribution is 5.79. The lowest BCUT2D eigenvalue weighted by molar-refractivity contribution is 0.293. The number of para-hydroxylation sites is 2. The molecule has 0 aliphatic carbocycles. The number of fused-ring (bicyclic) bond motifs is 1. The number of ether oxygens (including phenoxy) is 2. The number of hydrogen-bond acceptors (Lipinski definition) is 3. The van der Waals surface area contributed by atoms with E-state index in [0.717, 1.165) is 33.7 Å². The molecule has 0 atom stereocenters. The summed E-state index contributed by atoms with van der Waals surface area (Å²) in [6.07, 6.45) is 0. The maximum atomic E-state index is 5.75. The molecule has 0 bridgehead atoms. The lowest BCUT2D eigenvalue weighted by Crippen LogP contribution is -2.01. The molecule has 3 aromatic rings. The quantitative estimate of drug-likeness (QED) is 0.678. The fourth-order valence-electron chi connectivity index (χ4n) is 2.33. The van der Waals surface area contributed by atoms with E-state index in [2.05, 4.69) is 16.5 Å². The Bertz CT molecular complexity index is 803. The van der Waals surface area contributed by atoms with Crippen LogP contribution in [0.25, 0.3) is 22.4 Å². The molecule has 0 aliphatic rings. The molecule has 0 saturated carbocycles. The highest BCUT2D eigenvalue weighted by Crippen LogP contribution is 2.32. The summed E-state index contributed by atoms with van der Waals surface area (Å²) in [5, 5.41) is 0. The van der Waals surface area contributed by atoms with Gasteiger partial charge in [0.1, 0.15) is 12.4 Å². The number of nitrogens with one attached hydrogen (secondary N) is 1. The van der Waals surface area contributed by atoms with Crippen LogP contribution in [0.3, 0.4) is 0 Å². The van der Waals surface area contributed by atoms with E-state index in [1.807, 2.05) is 56.3 Å². The number of nitrogens with zero attached hydrogens (tertiary/aromatic N) is 1. The van der Waals surface area contributed by atoms with E-state index < -0.39 is 0 Å². The lowest BCUT2D eigenvalue weighted by atomic mass is 10.2. The first-order chi connectivity index (χ1) is 11.2.